The van der Waals surface area contributed by atoms with Gasteiger partial charge in [-0.3, -0.25) is 14.7 Å². The molecule has 254 valence electrons. The first-order chi connectivity index (χ1) is 22.6. The summed E-state index contributed by atoms with van der Waals surface area (Å²) < 4.78 is 16.6. The second-order valence-corrected chi connectivity index (χ2v) is 13.5. The van der Waals surface area contributed by atoms with E-state index in [1.165, 1.54) is 11.3 Å². The lowest BCUT2D eigenvalue weighted by molar-refractivity contribution is -0.124. The first kappa shape index (κ1) is 35.8. The molecule has 1 aromatic heterocycles. The number of rotatable bonds is 15. The molecule has 2 aromatic carbocycles. The van der Waals surface area contributed by atoms with Gasteiger partial charge in [0.05, 0.1) is 23.6 Å². The average Bonchev–Trinajstić information content (AvgIpc) is 3.58. The SMILES string of the molecule is CC(C)(C)OC(=O)N[C@@H](CCN1CCOCC1)C(=O)N[C@H](CCN(Cc1ccccc1)C(=O)OCc1cncs1)Cc1ccccc1. The van der Waals surface area contributed by atoms with E-state index < -0.39 is 23.8 Å². The Hall–Kier alpha value is -4.00. The summed E-state index contributed by atoms with van der Waals surface area (Å²) in [6, 6.07) is 18.5. The second kappa shape index (κ2) is 18.4. The minimum absolute atomic E-state index is 0.139. The molecule has 0 radical (unpaired) electrons. The van der Waals surface area contributed by atoms with Crippen LogP contribution in [0.25, 0.3) is 0 Å². The quantitative estimate of drug-likeness (QED) is 0.232. The standard InChI is InChI=1S/C35H47N5O6S/c1-35(2,3)46-33(42)38-31(15-16-39-18-20-44-21-19-39)32(41)37-29(22-27-10-6-4-7-11-27)14-17-40(24-28-12-8-5-9-13-28)34(43)45-25-30-23-36-26-47-30/h4-13,23,26,29,31H,14-22,24-25H2,1-3H3,(H,37,41)(H,38,42)/t29-,31+/m1/s1. The van der Waals surface area contributed by atoms with Crippen LogP contribution in [0.5, 0.6) is 0 Å². The molecule has 3 aromatic rings. The summed E-state index contributed by atoms with van der Waals surface area (Å²) in [5.41, 5.74) is 3.01. The topological polar surface area (TPSA) is 122 Å². The van der Waals surface area contributed by atoms with Crippen molar-refractivity contribution < 1.29 is 28.6 Å². The van der Waals surface area contributed by atoms with Crippen LogP contribution in [0.3, 0.4) is 0 Å². The molecular formula is C35H47N5O6S. The van der Waals surface area contributed by atoms with E-state index in [1.54, 1.807) is 37.4 Å². The van der Waals surface area contributed by atoms with E-state index in [2.05, 4.69) is 20.5 Å². The second-order valence-electron chi connectivity index (χ2n) is 12.6. The minimum atomic E-state index is -0.809. The van der Waals surface area contributed by atoms with Crippen molar-refractivity contribution in [3.63, 3.8) is 0 Å². The molecule has 1 aliphatic rings. The Morgan fingerprint density at radius 2 is 1.66 bits per heavy atom. The Morgan fingerprint density at radius 1 is 0.979 bits per heavy atom. The number of hydrogen-bond acceptors (Lipinski definition) is 9. The molecule has 1 saturated heterocycles. The van der Waals surface area contributed by atoms with Crippen LogP contribution in [0.1, 0.15) is 49.6 Å². The summed E-state index contributed by atoms with van der Waals surface area (Å²) in [7, 11) is 0. The number of carbonyl (C=O) groups is 3. The van der Waals surface area contributed by atoms with Crippen LogP contribution in [-0.2, 0) is 38.6 Å². The zero-order chi connectivity index (χ0) is 33.5. The van der Waals surface area contributed by atoms with E-state index in [1.807, 2.05) is 60.7 Å². The minimum Gasteiger partial charge on any atom is -0.444 e. The number of nitrogens with one attached hydrogen (secondary N) is 2. The highest BCUT2D eigenvalue weighted by atomic mass is 32.1. The molecule has 2 N–H and O–H groups in total. The lowest BCUT2D eigenvalue weighted by Gasteiger charge is -2.30. The smallest absolute Gasteiger partial charge is 0.410 e. The van der Waals surface area contributed by atoms with Crippen molar-refractivity contribution in [3.05, 3.63) is 88.4 Å². The lowest BCUT2D eigenvalue weighted by Crippen LogP contribution is -2.53. The summed E-state index contributed by atoms with van der Waals surface area (Å²) >= 11 is 1.43. The maximum atomic E-state index is 13.9. The Bertz CT molecular complexity index is 1360. The van der Waals surface area contributed by atoms with Gasteiger partial charge in [0.1, 0.15) is 18.2 Å². The maximum absolute atomic E-state index is 13.9. The van der Waals surface area contributed by atoms with Crippen LogP contribution in [0.2, 0.25) is 0 Å². The maximum Gasteiger partial charge on any atom is 0.410 e. The van der Waals surface area contributed by atoms with Gasteiger partial charge in [-0.25, -0.2) is 9.59 Å². The van der Waals surface area contributed by atoms with Crippen LogP contribution >= 0.6 is 11.3 Å². The van der Waals surface area contributed by atoms with Crippen LogP contribution < -0.4 is 10.6 Å². The highest BCUT2D eigenvalue weighted by molar-refractivity contribution is 7.09. The molecule has 1 aliphatic heterocycles. The first-order valence-corrected chi connectivity index (χ1v) is 17.0. The van der Waals surface area contributed by atoms with E-state index >= 15 is 0 Å². The monoisotopic (exact) mass is 665 g/mol. The van der Waals surface area contributed by atoms with Gasteiger partial charge in [-0.1, -0.05) is 60.7 Å². The molecule has 47 heavy (non-hydrogen) atoms. The molecular weight excluding hydrogens is 618 g/mol. The number of thiazole rings is 1. The van der Waals surface area contributed by atoms with Gasteiger partial charge in [-0.2, -0.15) is 0 Å². The van der Waals surface area contributed by atoms with Crippen molar-refractivity contribution in [1.29, 1.82) is 0 Å². The molecule has 0 aliphatic carbocycles. The molecule has 0 spiro atoms. The Kier molecular flexibility index (Phi) is 14.0. The van der Waals surface area contributed by atoms with Gasteiger partial charge in [0.25, 0.3) is 0 Å². The summed E-state index contributed by atoms with van der Waals surface area (Å²) in [5.74, 6) is -0.299. The lowest BCUT2D eigenvalue weighted by atomic mass is 10.0. The van der Waals surface area contributed by atoms with Crippen molar-refractivity contribution in [2.45, 2.75) is 70.9 Å². The third kappa shape index (κ3) is 13.3. The van der Waals surface area contributed by atoms with E-state index in [4.69, 9.17) is 14.2 Å². The predicted octanol–water partition coefficient (Wildman–Crippen LogP) is 5.02. The van der Waals surface area contributed by atoms with Crippen LogP contribution in [0.15, 0.2) is 72.4 Å². The highest BCUT2D eigenvalue weighted by Gasteiger charge is 2.28. The van der Waals surface area contributed by atoms with E-state index in [0.717, 1.165) is 29.1 Å². The fourth-order valence-electron chi connectivity index (χ4n) is 5.17. The van der Waals surface area contributed by atoms with E-state index in [0.29, 0.717) is 52.1 Å². The number of nitrogens with zero attached hydrogens (tertiary/aromatic N) is 3. The fraction of sp³-hybridized carbons (Fsp3) is 0.486. The van der Waals surface area contributed by atoms with Gasteiger partial charge < -0.3 is 29.7 Å². The number of hydrogen-bond donors (Lipinski definition) is 2. The normalized spacial score (nSPS) is 14.9. The zero-order valence-corrected chi connectivity index (χ0v) is 28.4. The van der Waals surface area contributed by atoms with Crippen molar-refractivity contribution in [2.24, 2.45) is 0 Å². The van der Waals surface area contributed by atoms with Crippen LogP contribution in [-0.4, -0.2) is 90.0 Å². The predicted molar refractivity (Wildman–Crippen MR) is 181 cm³/mol. The van der Waals surface area contributed by atoms with Gasteiger partial charge >= 0.3 is 12.2 Å². The largest absolute Gasteiger partial charge is 0.444 e. The number of benzene rings is 2. The fourth-order valence-corrected chi connectivity index (χ4v) is 5.67. The summed E-state index contributed by atoms with van der Waals surface area (Å²) in [5, 5.41) is 6.00. The molecule has 0 bridgehead atoms. The molecule has 1 fully saturated rings. The zero-order valence-electron chi connectivity index (χ0n) is 27.6. The molecule has 2 atom stereocenters. The van der Waals surface area contributed by atoms with Crippen molar-refractivity contribution >= 4 is 29.4 Å². The highest BCUT2D eigenvalue weighted by Crippen LogP contribution is 2.15. The van der Waals surface area contributed by atoms with Crippen LogP contribution in [0, 0.1) is 0 Å². The van der Waals surface area contributed by atoms with E-state index in [9.17, 15) is 14.4 Å². The summed E-state index contributed by atoms with van der Waals surface area (Å²) in [6.07, 6.45) is 2.02. The van der Waals surface area contributed by atoms with Crippen molar-refractivity contribution in [1.82, 2.24) is 25.4 Å². The number of ether oxygens (including phenoxy) is 3. The Balaban J connectivity index is 1.48. The third-order valence-corrected chi connectivity index (χ3v) is 8.31. The van der Waals surface area contributed by atoms with Crippen molar-refractivity contribution in [3.8, 4) is 0 Å². The van der Waals surface area contributed by atoms with Gasteiger partial charge in [-0.15, -0.1) is 11.3 Å². The Labute approximate surface area is 281 Å². The number of aromatic nitrogens is 1. The molecule has 3 amide bonds. The molecule has 0 unspecified atom stereocenters. The summed E-state index contributed by atoms with van der Waals surface area (Å²) in [4.78, 5) is 48.8. The molecule has 12 heteroatoms. The number of amides is 3. The molecule has 11 nitrogen and oxygen atoms in total. The first-order valence-electron chi connectivity index (χ1n) is 16.1. The van der Waals surface area contributed by atoms with Gasteiger partial charge in [0.2, 0.25) is 5.91 Å². The number of carbonyl (C=O) groups excluding carboxylic acids is 3. The summed E-state index contributed by atoms with van der Waals surface area (Å²) in [6.45, 7) is 9.64. The van der Waals surface area contributed by atoms with Gasteiger partial charge in [-0.05, 0) is 51.2 Å². The number of morpholine rings is 1. The number of alkyl carbamates (subject to hydrolysis) is 1. The van der Waals surface area contributed by atoms with Gasteiger partial charge in [0, 0.05) is 45.0 Å². The molecule has 2 heterocycles. The Morgan fingerprint density at radius 3 is 2.30 bits per heavy atom. The third-order valence-electron chi connectivity index (χ3n) is 7.56. The molecule has 4 rings (SSSR count). The van der Waals surface area contributed by atoms with Crippen LogP contribution in [0.4, 0.5) is 9.59 Å². The average molecular weight is 666 g/mol. The van der Waals surface area contributed by atoms with Gasteiger partial charge in [0.15, 0.2) is 0 Å². The molecule has 0 saturated carbocycles. The van der Waals surface area contributed by atoms with Crippen molar-refractivity contribution in [2.75, 3.05) is 39.4 Å². The van der Waals surface area contributed by atoms with E-state index in [-0.39, 0.29) is 18.6 Å².